The van der Waals surface area contributed by atoms with Crippen LogP contribution in [0.1, 0.15) is 32.0 Å². The number of rotatable bonds is 5. The molecular formula is C26H22FN3O4S. The van der Waals surface area contributed by atoms with Crippen LogP contribution in [-0.4, -0.2) is 31.5 Å². The summed E-state index contributed by atoms with van der Waals surface area (Å²) in [5.74, 6) is -1.26. The zero-order valence-corrected chi connectivity index (χ0v) is 20.0. The van der Waals surface area contributed by atoms with E-state index in [0.717, 1.165) is 6.26 Å². The summed E-state index contributed by atoms with van der Waals surface area (Å²) in [6.45, 7) is 3.50. The fourth-order valence-electron chi connectivity index (χ4n) is 3.66. The van der Waals surface area contributed by atoms with Gasteiger partial charge < -0.3 is 10.6 Å². The van der Waals surface area contributed by atoms with Gasteiger partial charge in [0.15, 0.2) is 9.84 Å². The molecule has 0 aliphatic rings. The minimum atomic E-state index is -3.44. The number of amides is 2. The number of nitrogens with one attached hydrogen (secondary N) is 2. The standard InChI is InChI=1S/C26H22FN3O4S/c1-15-11-19(29-26(32)22-12-16(2)28-24-14-18(27)7-9-21(22)24)8-10-23(15)30-25(31)17-5-4-6-20(13-17)35(3,33)34/h4-14H,1-3H3,(H,29,32)(H,30,31). The van der Waals surface area contributed by atoms with E-state index in [1.54, 1.807) is 38.1 Å². The summed E-state index contributed by atoms with van der Waals surface area (Å²) < 4.78 is 37.1. The predicted octanol–water partition coefficient (Wildman–Crippen LogP) is 4.90. The molecule has 0 saturated heterocycles. The Morgan fingerprint density at radius 2 is 1.66 bits per heavy atom. The summed E-state index contributed by atoms with van der Waals surface area (Å²) in [4.78, 5) is 30.0. The van der Waals surface area contributed by atoms with Gasteiger partial charge in [0.2, 0.25) is 0 Å². The van der Waals surface area contributed by atoms with Gasteiger partial charge in [-0.15, -0.1) is 0 Å². The van der Waals surface area contributed by atoms with Gasteiger partial charge in [0.05, 0.1) is 16.0 Å². The molecule has 2 amide bonds. The van der Waals surface area contributed by atoms with Crippen molar-refractivity contribution < 1.29 is 22.4 Å². The van der Waals surface area contributed by atoms with Gasteiger partial charge in [0.25, 0.3) is 11.8 Å². The maximum atomic E-state index is 13.6. The number of fused-ring (bicyclic) bond motifs is 1. The van der Waals surface area contributed by atoms with Crippen molar-refractivity contribution in [3.63, 3.8) is 0 Å². The van der Waals surface area contributed by atoms with Gasteiger partial charge in [0.1, 0.15) is 5.82 Å². The second kappa shape index (κ2) is 9.27. The average Bonchev–Trinajstić information content (AvgIpc) is 2.79. The van der Waals surface area contributed by atoms with Crippen molar-refractivity contribution >= 4 is 43.9 Å². The number of carbonyl (C=O) groups is 2. The summed E-state index contributed by atoms with van der Waals surface area (Å²) in [6.07, 6.45) is 1.08. The molecule has 4 rings (SSSR count). The van der Waals surface area contributed by atoms with Crippen LogP contribution in [0.4, 0.5) is 15.8 Å². The number of carbonyl (C=O) groups excluding carboxylic acids is 2. The first kappa shape index (κ1) is 24.0. The zero-order chi connectivity index (χ0) is 25.3. The number of halogens is 1. The number of anilines is 2. The molecule has 0 bridgehead atoms. The number of aryl methyl sites for hydroxylation is 2. The second-order valence-corrected chi connectivity index (χ2v) is 10.2. The third-order valence-corrected chi connectivity index (χ3v) is 6.51. The van der Waals surface area contributed by atoms with Crippen LogP contribution in [0.3, 0.4) is 0 Å². The fraction of sp³-hybridized carbons (Fsp3) is 0.115. The van der Waals surface area contributed by atoms with Crippen LogP contribution in [0.25, 0.3) is 10.9 Å². The molecule has 0 unspecified atom stereocenters. The third kappa shape index (κ3) is 5.36. The first-order valence-corrected chi connectivity index (χ1v) is 12.5. The first-order chi connectivity index (χ1) is 16.5. The van der Waals surface area contributed by atoms with E-state index < -0.39 is 21.6 Å². The van der Waals surface area contributed by atoms with E-state index in [1.165, 1.54) is 42.5 Å². The van der Waals surface area contributed by atoms with Crippen LogP contribution in [0.2, 0.25) is 0 Å². The molecule has 0 atom stereocenters. The number of hydrogen-bond donors (Lipinski definition) is 2. The molecule has 35 heavy (non-hydrogen) atoms. The second-order valence-electron chi connectivity index (χ2n) is 8.21. The van der Waals surface area contributed by atoms with Crippen molar-refractivity contribution in [2.75, 3.05) is 16.9 Å². The molecule has 178 valence electrons. The van der Waals surface area contributed by atoms with Crippen molar-refractivity contribution in [3.05, 3.63) is 94.9 Å². The van der Waals surface area contributed by atoms with Gasteiger partial charge >= 0.3 is 0 Å². The van der Waals surface area contributed by atoms with Crippen LogP contribution in [0, 0.1) is 19.7 Å². The van der Waals surface area contributed by atoms with Crippen molar-refractivity contribution in [1.82, 2.24) is 4.98 Å². The molecule has 0 saturated carbocycles. The van der Waals surface area contributed by atoms with Crippen LogP contribution < -0.4 is 10.6 Å². The molecule has 0 aliphatic carbocycles. The lowest BCUT2D eigenvalue weighted by Crippen LogP contribution is -2.15. The van der Waals surface area contributed by atoms with Crippen molar-refractivity contribution in [1.29, 1.82) is 0 Å². The van der Waals surface area contributed by atoms with Gasteiger partial charge in [0, 0.05) is 40.3 Å². The Bertz CT molecular complexity index is 1590. The lowest BCUT2D eigenvalue weighted by molar-refractivity contribution is 0.101. The van der Waals surface area contributed by atoms with E-state index in [0.29, 0.717) is 39.1 Å². The molecule has 9 heteroatoms. The Labute approximate surface area is 201 Å². The van der Waals surface area contributed by atoms with E-state index >= 15 is 0 Å². The van der Waals surface area contributed by atoms with Crippen molar-refractivity contribution in [3.8, 4) is 0 Å². The number of hydrogen-bond acceptors (Lipinski definition) is 5. The molecule has 7 nitrogen and oxygen atoms in total. The lowest BCUT2D eigenvalue weighted by Gasteiger charge is -2.13. The smallest absolute Gasteiger partial charge is 0.256 e. The monoisotopic (exact) mass is 491 g/mol. The van der Waals surface area contributed by atoms with Crippen LogP contribution in [0.5, 0.6) is 0 Å². The maximum absolute atomic E-state index is 13.6. The summed E-state index contributed by atoms with van der Waals surface area (Å²) in [5.41, 5.74) is 3.27. The fourth-order valence-corrected chi connectivity index (χ4v) is 4.33. The molecule has 0 radical (unpaired) electrons. The van der Waals surface area contributed by atoms with Crippen LogP contribution in [-0.2, 0) is 9.84 Å². The summed E-state index contributed by atoms with van der Waals surface area (Å²) in [6, 6.07) is 16.5. The van der Waals surface area contributed by atoms with E-state index in [-0.39, 0.29) is 16.4 Å². The lowest BCUT2D eigenvalue weighted by atomic mass is 10.1. The SMILES string of the molecule is Cc1cc(C(=O)Nc2ccc(NC(=O)c3cccc(S(C)(=O)=O)c3)c(C)c2)c2ccc(F)cc2n1. The minimum Gasteiger partial charge on any atom is -0.322 e. The molecule has 0 aliphatic heterocycles. The zero-order valence-electron chi connectivity index (χ0n) is 19.2. The number of pyridine rings is 1. The normalized spacial score (nSPS) is 11.3. The summed E-state index contributed by atoms with van der Waals surface area (Å²) in [5, 5.41) is 6.13. The summed E-state index contributed by atoms with van der Waals surface area (Å²) >= 11 is 0. The van der Waals surface area contributed by atoms with Gasteiger partial charge in [-0.2, -0.15) is 0 Å². The van der Waals surface area contributed by atoms with E-state index in [9.17, 15) is 22.4 Å². The highest BCUT2D eigenvalue weighted by molar-refractivity contribution is 7.90. The van der Waals surface area contributed by atoms with Crippen molar-refractivity contribution in [2.45, 2.75) is 18.7 Å². The maximum Gasteiger partial charge on any atom is 0.256 e. The average molecular weight is 492 g/mol. The molecule has 1 aromatic heterocycles. The largest absolute Gasteiger partial charge is 0.322 e. The Balaban J connectivity index is 1.54. The third-order valence-electron chi connectivity index (χ3n) is 5.40. The highest BCUT2D eigenvalue weighted by atomic mass is 32.2. The topological polar surface area (TPSA) is 105 Å². The van der Waals surface area contributed by atoms with Crippen LogP contribution in [0.15, 0.2) is 71.6 Å². The molecule has 3 aromatic carbocycles. The van der Waals surface area contributed by atoms with Gasteiger partial charge in [-0.3, -0.25) is 14.6 Å². The van der Waals surface area contributed by atoms with Crippen LogP contribution >= 0.6 is 0 Å². The molecule has 0 spiro atoms. The Hall–Kier alpha value is -4.11. The Kier molecular flexibility index (Phi) is 6.36. The van der Waals surface area contributed by atoms with Gasteiger partial charge in [-0.05, 0) is 74.0 Å². The Morgan fingerprint density at radius 3 is 2.37 bits per heavy atom. The Morgan fingerprint density at radius 1 is 0.886 bits per heavy atom. The summed E-state index contributed by atoms with van der Waals surface area (Å²) in [7, 11) is -3.44. The number of sulfone groups is 1. The molecule has 1 heterocycles. The number of aromatic nitrogens is 1. The first-order valence-electron chi connectivity index (χ1n) is 10.6. The van der Waals surface area contributed by atoms with Crippen molar-refractivity contribution in [2.24, 2.45) is 0 Å². The molecule has 2 N–H and O–H groups in total. The molecule has 4 aromatic rings. The number of benzene rings is 3. The van der Waals surface area contributed by atoms with Gasteiger partial charge in [-0.1, -0.05) is 6.07 Å². The van der Waals surface area contributed by atoms with E-state index in [2.05, 4.69) is 15.6 Å². The minimum absolute atomic E-state index is 0.0570. The van der Waals surface area contributed by atoms with E-state index in [1.807, 2.05) is 0 Å². The highest BCUT2D eigenvalue weighted by Crippen LogP contribution is 2.24. The number of nitrogens with zero attached hydrogens (tertiary/aromatic N) is 1. The van der Waals surface area contributed by atoms with E-state index in [4.69, 9.17) is 0 Å². The van der Waals surface area contributed by atoms with Gasteiger partial charge in [-0.25, -0.2) is 12.8 Å². The predicted molar refractivity (Wildman–Crippen MR) is 133 cm³/mol. The molecule has 0 fully saturated rings. The quantitative estimate of drug-likeness (QED) is 0.413. The highest BCUT2D eigenvalue weighted by Gasteiger charge is 2.15. The molecular weight excluding hydrogens is 469 g/mol.